The molecular weight excluding hydrogens is 235 g/mol. The fourth-order valence-electron chi connectivity index (χ4n) is 1.67. The topological polar surface area (TPSA) is 46.5 Å². The summed E-state index contributed by atoms with van der Waals surface area (Å²) in [5.74, 6) is -1.34. The van der Waals surface area contributed by atoms with Gasteiger partial charge >= 0.3 is 5.97 Å². The number of rotatable bonds is 5. The van der Waals surface area contributed by atoms with Crippen LogP contribution >= 0.6 is 0 Å². The minimum Gasteiger partial charge on any atom is -0.491 e. The Labute approximate surface area is 106 Å². The summed E-state index contributed by atoms with van der Waals surface area (Å²) in [6.45, 7) is 5.89. The van der Waals surface area contributed by atoms with Crippen molar-refractivity contribution in [3.05, 3.63) is 35.7 Å². The number of carboxylic acid groups (broad SMARTS) is 1. The van der Waals surface area contributed by atoms with Crippen LogP contribution in [0.5, 0.6) is 5.75 Å². The van der Waals surface area contributed by atoms with E-state index in [2.05, 4.69) is 0 Å². The number of benzene rings is 1. The molecule has 0 unspecified atom stereocenters. The first-order valence-electron chi connectivity index (χ1n) is 5.83. The van der Waals surface area contributed by atoms with Crippen molar-refractivity contribution in [3.8, 4) is 5.75 Å². The summed E-state index contributed by atoms with van der Waals surface area (Å²) in [4.78, 5) is 10.7. The van der Waals surface area contributed by atoms with Gasteiger partial charge in [0.15, 0.2) is 11.6 Å². The van der Waals surface area contributed by atoms with E-state index in [1.807, 2.05) is 13.8 Å². The van der Waals surface area contributed by atoms with Gasteiger partial charge in [-0.2, -0.15) is 0 Å². The van der Waals surface area contributed by atoms with Gasteiger partial charge in [-0.05, 0) is 36.1 Å². The maximum absolute atomic E-state index is 13.7. The Morgan fingerprint density at radius 2 is 2.17 bits per heavy atom. The van der Waals surface area contributed by atoms with E-state index in [0.717, 1.165) is 6.08 Å². The number of ether oxygens (including phenoxy) is 1. The maximum Gasteiger partial charge on any atom is 0.328 e. The number of halogens is 1. The molecule has 1 N–H and O–H groups in total. The van der Waals surface area contributed by atoms with E-state index in [0.29, 0.717) is 17.7 Å². The molecule has 3 nitrogen and oxygen atoms in total. The molecular formula is C14H17FO3. The van der Waals surface area contributed by atoms with Crippen LogP contribution in [-0.4, -0.2) is 17.7 Å². The third kappa shape index (κ3) is 3.58. The fourth-order valence-corrected chi connectivity index (χ4v) is 1.67. The molecule has 1 aromatic carbocycles. The van der Waals surface area contributed by atoms with E-state index in [9.17, 15) is 9.18 Å². The lowest BCUT2D eigenvalue weighted by atomic mass is 9.95. The summed E-state index contributed by atoms with van der Waals surface area (Å²) < 4.78 is 18.8. The van der Waals surface area contributed by atoms with Gasteiger partial charge in [0.1, 0.15) is 0 Å². The Morgan fingerprint density at radius 3 is 2.61 bits per heavy atom. The second-order valence-corrected chi connectivity index (χ2v) is 4.17. The summed E-state index contributed by atoms with van der Waals surface area (Å²) >= 11 is 0. The quantitative estimate of drug-likeness (QED) is 0.817. The molecule has 98 valence electrons. The summed E-state index contributed by atoms with van der Waals surface area (Å²) in [6, 6.07) is 4.49. The molecule has 0 aliphatic heterocycles. The number of hydrogen-bond acceptors (Lipinski definition) is 2. The first-order chi connectivity index (χ1) is 8.45. The molecule has 0 amide bonds. The number of carbonyl (C=O) groups is 1. The van der Waals surface area contributed by atoms with Gasteiger partial charge in [0.05, 0.1) is 6.61 Å². The lowest BCUT2D eigenvalue weighted by Gasteiger charge is -2.12. The Kier molecular flexibility index (Phi) is 4.89. The van der Waals surface area contributed by atoms with Crippen LogP contribution in [0.25, 0.3) is 5.57 Å². The van der Waals surface area contributed by atoms with Crippen molar-refractivity contribution in [2.45, 2.75) is 20.8 Å². The van der Waals surface area contributed by atoms with Gasteiger partial charge in [-0.15, -0.1) is 0 Å². The van der Waals surface area contributed by atoms with Crippen molar-refractivity contribution < 1.29 is 19.0 Å². The second-order valence-electron chi connectivity index (χ2n) is 4.17. The predicted molar refractivity (Wildman–Crippen MR) is 68.0 cm³/mol. The summed E-state index contributed by atoms with van der Waals surface area (Å²) in [5.41, 5.74) is 1.15. The van der Waals surface area contributed by atoms with Gasteiger partial charge in [0.2, 0.25) is 0 Å². The van der Waals surface area contributed by atoms with Crippen molar-refractivity contribution in [1.29, 1.82) is 0 Å². The normalized spacial score (nSPS) is 11.7. The summed E-state index contributed by atoms with van der Waals surface area (Å²) in [5, 5.41) is 8.81. The molecule has 0 bridgehead atoms. The minimum atomic E-state index is -1.03. The zero-order valence-electron chi connectivity index (χ0n) is 10.7. The van der Waals surface area contributed by atoms with Gasteiger partial charge in [-0.25, -0.2) is 9.18 Å². The van der Waals surface area contributed by atoms with E-state index in [4.69, 9.17) is 9.84 Å². The summed E-state index contributed by atoms with van der Waals surface area (Å²) in [6.07, 6.45) is 1.11. The fraction of sp³-hybridized carbons (Fsp3) is 0.357. The van der Waals surface area contributed by atoms with Gasteiger partial charge in [0, 0.05) is 6.08 Å². The van der Waals surface area contributed by atoms with Crippen LogP contribution in [0.4, 0.5) is 4.39 Å². The lowest BCUT2D eigenvalue weighted by Crippen LogP contribution is -2.01. The molecule has 0 heterocycles. The van der Waals surface area contributed by atoms with Crippen molar-refractivity contribution in [2.75, 3.05) is 6.61 Å². The van der Waals surface area contributed by atoms with Crippen LogP contribution in [-0.2, 0) is 4.79 Å². The van der Waals surface area contributed by atoms with Gasteiger partial charge in [-0.3, -0.25) is 0 Å². The highest BCUT2D eigenvalue weighted by Crippen LogP contribution is 2.27. The van der Waals surface area contributed by atoms with Gasteiger partial charge in [-0.1, -0.05) is 19.9 Å². The smallest absolute Gasteiger partial charge is 0.328 e. The molecule has 4 heteroatoms. The van der Waals surface area contributed by atoms with Crippen molar-refractivity contribution in [2.24, 2.45) is 5.92 Å². The van der Waals surface area contributed by atoms with E-state index in [1.165, 1.54) is 12.1 Å². The zero-order valence-corrected chi connectivity index (χ0v) is 10.7. The zero-order chi connectivity index (χ0) is 13.7. The van der Waals surface area contributed by atoms with E-state index < -0.39 is 11.8 Å². The molecule has 0 saturated heterocycles. The largest absolute Gasteiger partial charge is 0.491 e. The third-order valence-corrected chi connectivity index (χ3v) is 2.47. The van der Waals surface area contributed by atoms with Crippen LogP contribution in [0.3, 0.4) is 0 Å². The lowest BCUT2D eigenvalue weighted by molar-refractivity contribution is -0.131. The molecule has 0 aliphatic rings. The molecule has 0 spiro atoms. The van der Waals surface area contributed by atoms with Crippen LogP contribution in [0.15, 0.2) is 24.3 Å². The van der Waals surface area contributed by atoms with Gasteiger partial charge in [0.25, 0.3) is 0 Å². The predicted octanol–water partition coefficient (Wildman–Crippen LogP) is 3.35. The third-order valence-electron chi connectivity index (χ3n) is 2.47. The molecule has 18 heavy (non-hydrogen) atoms. The first kappa shape index (κ1) is 14.2. The number of hydrogen-bond donors (Lipinski definition) is 1. The molecule has 1 rings (SSSR count). The average Bonchev–Trinajstić information content (AvgIpc) is 2.28. The Hall–Kier alpha value is -1.84. The first-order valence-corrected chi connectivity index (χ1v) is 5.83. The SMILES string of the molecule is CCOc1ccc(/C(=C/C(=O)O)C(C)C)cc1F. The van der Waals surface area contributed by atoms with Gasteiger partial charge < -0.3 is 9.84 Å². The second kappa shape index (κ2) is 6.19. The van der Waals surface area contributed by atoms with Crippen LogP contribution in [0.1, 0.15) is 26.3 Å². The Balaban J connectivity index is 3.15. The number of aliphatic carboxylic acids is 1. The van der Waals surface area contributed by atoms with Crippen LogP contribution < -0.4 is 4.74 Å². The standard InChI is InChI=1S/C14H17FO3/c1-4-18-13-6-5-10(7-12(13)15)11(9(2)3)8-14(16)17/h5-9H,4H2,1-3H3,(H,16,17)/b11-8+. The van der Waals surface area contributed by atoms with Crippen molar-refractivity contribution in [1.82, 2.24) is 0 Å². The number of allylic oxidation sites excluding steroid dienone is 1. The van der Waals surface area contributed by atoms with E-state index in [-0.39, 0.29) is 11.7 Å². The van der Waals surface area contributed by atoms with Crippen LogP contribution in [0.2, 0.25) is 0 Å². The average molecular weight is 252 g/mol. The summed E-state index contributed by atoms with van der Waals surface area (Å²) in [7, 11) is 0. The maximum atomic E-state index is 13.7. The highest BCUT2D eigenvalue weighted by molar-refractivity contribution is 5.90. The van der Waals surface area contributed by atoms with E-state index in [1.54, 1.807) is 13.0 Å². The molecule has 0 aliphatic carbocycles. The van der Waals surface area contributed by atoms with Crippen molar-refractivity contribution >= 4 is 11.5 Å². The Bertz CT molecular complexity index is 464. The highest BCUT2D eigenvalue weighted by Gasteiger charge is 2.12. The molecule has 0 atom stereocenters. The Morgan fingerprint density at radius 1 is 1.50 bits per heavy atom. The molecule has 0 radical (unpaired) electrons. The van der Waals surface area contributed by atoms with Crippen molar-refractivity contribution in [3.63, 3.8) is 0 Å². The van der Waals surface area contributed by atoms with Crippen LogP contribution in [0, 0.1) is 11.7 Å². The monoisotopic (exact) mass is 252 g/mol. The molecule has 0 aromatic heterocycles. The minimum absolute atomic E-state index is 0.00144. The van der Waals surface area contributed by atoms with E-state index >= 15 is 0 Å². The molecule has 0 fully saturated rings. The molecule has 0 saturated carbocycles. The highest BCUT2D eigenvalue weighted by atomic mass is 19.1. The molecule has 1 aromatic rings. The number of carboxylic acids is 1.